The predicted octanol–water partition coefficient (Wildman–Crippen LogP) is 2.83. The van der Waals surface area contributed by atoms with Gasteiger partial charge in [0.2, 0.25) is 0 Å². The van der Waals surface area contributed by atoms with Gasteiger partial charge in [0.05, 0.1) is 5.56 Å². The summed E-state index contributed by atoms with van der Waals surface area (Å²) in [7, 11) is 0. The molecule has 0 radical (unpaired) electrons. The number of H-pyrrole nitrogens is 1. The van der Waals surface area contributed by atoms with E-state index in [2.05, 4.69) is 9.97 Å². The highest BCUT2D eigenvalue weighted by Crippen LogP contribution is 2.12. The van der Waals surface area contributed by atoms with Gasteiger partial charge >= 0.3 is 11.7 Å². The molecule has 4 rings (SSSR count). The quantitative estimate of drug-likeness (QED) is 0.445. The van der Waals surface area contributed by atoms with Crippen molar-refractivity contribution < 1.29 is 9.90 Å². The number of aromatic carboxylic acids is 1. The molecule has 0 aliphatic heterocycles. The molecule has 2 heterocycles. The lowest BCUT2D eigenvalue weighted by Gasteiger charge is -2.11. The number of hydrogen-bond acceptors (Lipinski definition) is 4. The summed E-state index contributed by atoms with van der Waals surface area (Å²) >= 11 is 0. The first-order valence-electron chi connectivity index (χ1n) is 10.6. The summed E-state index contributed by atoms with van der Waals surface area (Å²) in [5.74, 6) is -0.390. The van der Waals surface area contributed by atoms with Crippen molar-refractivity contribution in [3.8, 4) is 0 Å². The lowest BCUT2D eigenvalue weighted by Crippen LogP contribution is -2.40. The van der Waals surface area contributed by atoms with E-state index in [0.717, 1.165) is 11.1 Å². The predicted molar refractivity (Wildman–Crippen MR) is 121 cm³/mol. The van der Waals surface area contributed by atoms with Crippen LogP contribution in [0.15, 0.2) is 64.2 Å². The summed E-state index contributed by atoms with van der Waals surface area (Å²) < 4.78 is 2.74. The Kier molecular flexibility index (Phi) is 6.02. The third-order valence-electron chi connectivity index (χ3n) is 5.37. The molecular weight excluding hydrogens is 408 g/mol. The van der Waals surface area contributed by atoms with Crippen LogP contribution in [0.4, 0.5) is 0 Å². The number of rotatable bonds is 8. The highest BCUT2D eigenvalue weighted by atomic mass is 16.4. The third-order valence-corrected chi connectivity index (χ3v) is 5.37. The zero-order valence-electron chi connectivity index (χ0n) is 17.7. The molecule has 0 atom stereocenters. The number of nitrogens with zero attached hydrogens (tertiary/aromatic N) is 3. The fraction of sp³-hybridized carbons (Fsp3) is 0.250. The van der Waals surface area contributed by atoms with Gasteiger partial charge < -0.3 is 10.1 Å². The van der Waals surface area contributed by atoms with E-state index in [-0.39, 0.29) is 17.7 Å². The number of benzene rings is 2. The van der Waals surface area contributed by atoms with E-state index in [4.69, 9.17) is 0 Å². The van der Waals surface area contributed by atoms with Crippen LogP contribution < -0.4 is 11.2 Å². The number of carboxylic acids is 1. The maximum atomic E-state index is 13.1. The SMILES string of the molecule is CCCn1c(=O)c2[nH]c(Cc3ccccc3)nc2n(CCc2cccc(C(=O)O)c2)c1=O. The van der Waals surface area contributed by atoms with Crippen molar-refractivity contribution >= 4 is 17.1 Å². The Morgan fingerprint density at radius 2 is 1.75 bits per heavy atom. The van der Waals surface area contributed by atoms with Gasteiger partial charge in [0.15, 0.2) is 5.65 Å². The van der Waals surface area contributed by atoms with Crippen molar-refractivity contribution in [3.63, 3.8) is 0 Å². The van der Waals surface area contributed by atoms with Crippen molar-refractivity contribution in [2.24, 2.45) is 0 Å². The van der Waals surface area contributed by atoms with E-state index < -0.39 is 11.7 Å². The Labute approximate surface area is 183 Å². The molecule has 0 saturated heterocycles. The van der Waals surface area contributed by atoms with Gasteiger partial charge in [0, 0.05) is 19.5 Å². The molecule has 0 aliphatic rings. The average Bonchev–Trinajstić information content (AvgIpc) is 3.21. The van der Waals surface area contributed by atoms with E-state index in [1.165, 1.54) is 15.2 Å². The molecule has 2 aromatic carbocycles. The molecule has 0 saturated carbocycles. The van der Waals surface area contributed by atoms with Crippen molar-refractivity contribution in [2.75, 3.05) is 0 Å². The number of carbonyl (C=O) groups is 1. The molecule has 8 nitrogen and oxygen atoms in total. The van der Waals surface area contributed by atoms with Crippen LogP contribution in [0.2, 0.25) is 0 Å². The van der Waals surface area contributed by atoms with Gasteiger partial charge in [-0.05, 0) is 36.1 Å². The molecule has 0 unspecified atom stereocenters. The number of hydrogen-bond donors (Lipinski definition) is 2. The minimum atomic E-state index is -0.999. The van der Waals surface area contributed by atoms with Crippen molar-refractivity contribution in [3.05, 3.63) is 98.0 Å². The van der Waals surface area contributed by atoms with Crippen LogP contribution in [0.5, 0.6) is 0 Å². The Balaban J connectivity index is 1.75. The van der Waals surface area contributed by atoms with E-state index in [0.29, 0.717) is 42.8 Å². The van der Waals surface area contributed by atoms with Gasteiger partial charge in [-0.1, -0.05) is 49.4 Å². The van der Waals surface area contributed by atoms with Crippen LogP contribution in [0.3, 0.4) is 0 Å². The van der Waals surface area contributed by atoms with Gasteiger partial charge in [-0.25, -0.2) is 14.6 Å². The second-order valence-electron chi connectivity index (χ2n) is 7.69. The van der Waals surface area contributed by atoms with Crippen LogP contribution >= 0.6 is 0 Å². The Hall–Kier alpha value is -3.94. The molecule has 0 bridgehead atoms. The topological polar surface area (TPSA) is 110 Å². The molecule has 8 heteroatoms. The number of aromatic amines is 1. The second kappa shape index (κ2) is 9.05. The zero-order chi connectivity index (χ0) is 22.7. The number of fused-ring (bicyclic) bond motifs is 1. The number of nitrogens with one attached hydrogen (secondary N) is 1. The maximum Gasteiger partial charge on any atom is 0.335 e. The van der Waals surface area contributed by atoms with Crippen LogP contribution in [-0.2, 0) is 25.9 Å². The summed E-state index contributed by atoms with van der Waals surface area (Å²) in [5.41, 5.74) is 1.88. The molecule has 0 aliphatic carbocycles. The number of imidazole rings is 1. The van der Waals surface area contributed by atoms with Crippen molar-refractivity contribution in [1.82, 2.24) is 19.1 Å². The van der Waals surface area contributed by atoms with Crippen LogP contribution in [0, 0.1) is 0 Å². The Bertz CT molecular complexity index is 1380. The number of carboxylic acid groups (broad SMARTS) is 1. The van der Waals surface area contributed by atoms with Gasteiger partial charge in [0.25, 0.3) is 5.56 Å². The summed E-state index contributed by atoms with van der Waals surface area (Å²) in [6, 6.07) is 16.4. The Morgan fingerprint density at radius 1 is 1.00 bits per heavy atom. The number of aromatic nitrogens is 4. The van der Waals surface area contributed by atoms with Gasteiger partial charge in [-0.2, -0.15) is 0 Å². The van der Waals surface area contributed by atoms with E-state index in [1.54, 1.807) is 12.1 Å². The van der Waals surface area contributed by atoms with E-state index >= 15 is 0 Å². The second-order valence-corrected chi connectivity index (χ2v) is 7.69. The molecule has 0 amide bonds. The largest absolute Gasteiger partial charge is 0.478 e. The third kappa shape index (κ3) is 4.25. The minimum Gasteiger partial charge on any atom is -0.478 e. The fourth-order valence-electron chi connectivity index (χ4n) is 3.81. The fourth-order valence-corrected chi connectivity index (χ4v) is 3.81. The van der Waals surface area contributed by atoms with Crippen LogP contribution in [0.1, 0.15) is 40.7 Å². The van der Waals surface area contributed by atoms with Crippen molar-refractivity contribution in [2.45, 2.75) is 39.3 Å². The standard InChI is InChI=1S/C24H24N4O4/c1-2-12-28-22(29)20-21(26-19(25-20)15-16-7-4-3-5-8-16)27(24(28)32)13-11-17-9-6-10-18(14-17)23(30)31/h3-10,14H,2,11-13,15H2,1H3,(H,25,26)(H,30,31). The summed E-state index contributed by atoms with van der Waals surface area (Å²) in [4.78, 5) is 45.1. The van der Waals surface area contributed by atoms with Crippen LogP contribution in [-0.4, -0.2) is 30.2 Å². The molecule has 0 fully saturated rings. The normalized spacial score (nSPS) is 11.2. The first-order chi connectivity index (χ1) is 15.5. The van der Waals surface area contributed by atoms with E-state index in [1.807, 2.05) is 43.3 Å². The average molecular weight is 432 g/mol. The maximum absolute atomic E-state index is 13.1. The van der Waals surface area contributed by atoms with Gasteiger partial charge in [0.1, 0.15) is 11.3 Å². The molecular formula is C24H24N4O4. The van der Waals surface area contributed by atoms with Gasteiger partial charge in [-0.3, -0.25) is 13.9 Å². The highest BCUT2D eigenvalue weighted by molar-refractivity contribution is 5.87. The smallest absolute Gasteiger partial charge is 0.335 e. The lowest BCUT2D eigenvalue weighted by atomic mass is 10.1. The van der Waals surface area contributed by atoms with Crippen molar-refractivity contribution in [1.29, 1.82) is 0 Å². The molecule has 0 spiro atoms. The molecule has 4 aromatic rings. The first-order valence-corrected chi connectivity index (χ1v) is 10.6. The summed E-state index contributed by atoms with van der Waals surface area (Å²) in [6.45, 7) is 2.50. The zero-order valence-corrected chi connectivity index (χ0v) is 17.7. The summed E-state index contributed by atoms with van der Waals surface area (Å²) in [6.07, 6.45) is 1.59. The molecule has 2 N–H and O–H groups in total. The first kappa shape index (κ1) is 21.3. The minimum absolute atomic E-state index is 0.195. The summed E-state index contributed by atoms with van der Waals surface area (Å²) in [5, 5.41) is 9.22. The number of aryl methyl sites for hydroxylation is 2. The molecule has 164 valence electrons. The van der Waals surface area contributed by atoms with Crippen LogP contribution in [0.25, 0.3) is 11.2 Å². The Morgan fingerprint density at radius 3 is 2.47 bits per heavy atom. The molecule has 2 aromatic heterocycles. The van der Waals surface area contributed by atoms with Gasteiger partial charge in [-0.15, -0.1) is 0 Å². The monoisotopic (exact) mass is 432 g/mol. The lowest BCUT2D eigenvalue weighted by molar-refractivity contribution is 0.0696. The highest BCUT2D eigenvalue weighted by Gasteiger charge is 2.17. The van der Waals surface area contributed by atoms with E-state index in [9.17, 15) is 19.5 Å². The molecule has 32 heavy (non-hydrogen) atoms.